The second kappa shape index (κ2) is 6.63. The van der Waals surface area contributed by atoms with E-state index in [0.29, 0.717) is 30.5 Å². The van der Waals surface area contributed by atoms with Gasteiger partial charge in [0.05, 0.1) is 18.0 Å². The summed E-state index contributed by atoms with van der Waals surface area (Å²) >= 11 is 1.69. The standard InChI is InChI=1S/C15H19N5OS/c16-6-10-20-8-4-15(11-21,5-9-20)14-17-7-3-13(18-14)19-22-12-1-2-12/h3,7,11-12H,1-2,4-5,8-10H2,(H,17,18,19). The monoisotopic (exact) mass is 317 g/mol. The van der Waals surface area contributed by atoms with E-state index in [2.05, 4.69) is 25.7 Å². The number of rotatable bonds is 6. The van der Waals surface area contributed by atoms with Crippen molar-refractivity contribution in [2.24, 2.45) is 0 Å². The van der Waals surface area contributed by atoms with E-state index < -0.39 is 5.41 Å². The Labute approximate surface area is 134 Å². The van der Waals surface area contributed by atoms with Gasteiger partial charge in [0.25, 0.3) is 0 Å². The number of hydrogen-bond donors (Lipinski definition) is 1. The maximum absolute atomic E-state index is 11.7. The van der Waals surface area contributed by atoms with Crippen molar-refractivity contribution in [1.82, 2.24) is 14.9 Å². The first-order valence-corrected chi connectivity index (χ1v) is 8.44. The predicted octanol–water partition coefficient (Wildman–Crippen LogP) is 1.76. The van der Waals surface area contributed by atoms with E-state index in [0.717, 1.165) is 25.2 Å². The van der Waals surface area contributed by atoms with Crippen LogP contribution in [0.2, 0.25) is 0 Å². The molecule has 3 rings (SSSR count). The highest BCUT2D eigenvalue weighted by Gasteiger charge is 2.38. The van der Waals surface area contributed by atoms with Crippen LogP contribution >= 0.6 is 11.9 Å². The Hall–Kier alpha value is -1.65. The van der Waals surface area contributed by atoms with Crippen LogP contribution < -0.4 is 4.72 Å². The van der Waals surface area contributed by atoms with E-state index in [4.69, 9.17) is 5.26 Å². The highest BCUT2D eigenvalue weighted by atomic mass is 32.2. The number of carbonyl (C=O) groups is 1. The first-order chi connectivity index (χ1) is 10.8. The van der Waals surface area contributed by atoms with Crippen LogP contribution in [0.5, 0.6) is 0 Å². The van der Waals surface area contributed by atoms with Crippen LogP contribution in [0.15, 0.2) is 12.3 Å². The number of anilines is 1. The fraction of sp³-hybridized carbons (Fsp3) is 0.600. The van der Waals surface area contributed by atoms with E-state index in [1.165, 1.54) is 12.8 Å². The number of aromatic nitrogens is 2. The molecule has 6 nitrogen and oxygen atoms in total. The van der Waals surface area contributed by atoms with Crippen molar-refractivity contribution in [1.29, 1.82) is 5.26 Å². The zero-order chi connectivity index (χ0) is 15.4. The Kier molecular flexibility index (Phi) is 4.60. The van der Waals surface area contributed by atoms with E-state index in [-0.39, 0.29) is 0 Å². The fourth-order valence-corrected chi connectivity index (χ4v) is 3.36. The fourth-order valence-electron chi connectivity index (χ4n) is 2.59. The minimum Gasteiger partial charge on any atom is -0.314 e. The number of nitrogens with zero attached hydrogens (tertiary/aromatic N) is 4. The number of piperidine rings is 1. The molecule has 0 atom stereocenters. The lowest BCUT2D eigenvalue weighted by atomic mass is 9.79. The number of nitriles is 1. The molecule has 1 saturated heterocycles. The SMILES string of the molecule is N#CCN1CCC(C=O)(c2nccc(NSC3CC3)n2)CC1. The molecule has 1 aliphatic carbocycles. The molecule has 2 aliphatic rings. The number of aldehydes is 1. The van der Waals surface area contributed by atoms with E-state index in [1.807, 2.05) is 6.07 Å². The maximum Gasteiger partial charge on any atom is 0.144 e. The molecule has 0 radical (unpaired) electrons. The summed E-state index contributed by atoms with van der Waals surface area (Å²) in [5, 5.41) is 9.46. The molecular formula is C15H19N5OS. The van der Waals surface area contributed by atoms with Crippen molar-refractivity contribution in [2.45, 2.75) is 36.3 Å². The van der Waals surface area contributed by atoms with Crippen LogP contribution in [0.25, 0.3) is 0 Å². The average molecular weight is 317 g/mol. The normalized spacial score (nSPS) is 21.0. The molecule has 116 valence electrons. The summed E-state index contributed by atoms with van der Waals surface area (Å²) in [6.07, 6.45) is 6.54. The van der Waals surface area contributed by atoms with Gasteiger partial charge in [0.15, 0.2) is 0 Å². The molecule has 1 saturated carbocycles. The predicted molar refractivity (Wildman–Crippen MR) is 85.3 cm³/mol. The first kappa shape index (κ1) is 15.3. The van der Waals surface area contributed by atoms with Gasteiger partial charge in [0.2, 0.25) is 0 Å². The Balaban J connectivity index is 1.71. The van der Waals surface area contributed by atoms with Crippen molar-refractivity contribution in [3.63, 3.8) is 0 Å². The van der Waals surface area contributed by atoms with Crippen molar-refractivity contribution in [3.05, 3.63) is 18.1 Å². The number of carbonyl (C=O) groups excluding carboxylic acids is 1. The van der Waals surface area contributed by atoms with E-state index >= 15 is 0 Å². The molecule has 2 heterocycles. The molecule has 1 N–H and O–H groups in total. The smallest absolute Gasteiger partial charge is 0.144 e. The summed E-state index contributed by atoms with van der Waals surface area (Å²) in [6, 6.07) is 3.99. The van der Waals surface area contributed by atoms with Gasteiger partial charge < -0.3 is 9.52 Å². The molecule has 7 heteroatoms. The number of likely N-dealkylation sites (tertiary alicyclic amines) is 1. The molecule has 1 aromatic heterocycles. The highest BCUT2D eigenvalue weighted by Crippen LogP contribution is 2.35. The van der Waals surface area contributed by atoms with Crippen LogP contribution in [-0.4, -0.2) is 46.0 Å². The molecule has 0 spiro atoms. The lowest BCUT2D eigenvalue weighted by Crippen LogP contribution is -2.44. The summed E-state index contributed by atoms with van der Waals surface area (Å²) in [6.45, 7) is 1.86. The van der Waals surface area contributed by atoms with Crippen molar-refractivity contribution in [2.75, 3.05) is 24.4 Å². The molecule has 22 heavy (non-hydrogen) atoms. The zero-order valence-corrected chi connectivity index (χ0v) is 13.2. The molecule has 1 aromatic rings. The third-order valence-corrected chi connectivity index (χ3v) is 5.36. The highest BCUT2D eigenvalue weighted by molar-refractivity contribution is 8.01. The summed E-state index contributed by atoms with van der Waals surface area (Å²) in [7, 11) is 0. The minimum atomic E-state index is -0.617. The van der Waals surface area contributed by atoms with Crippen LogP contribution in [0.4, 0.5) is 5.82 Å². The molecular weight excluding hydrogens is 298 g/mol. The first-order valence-electron chi connectivity index (χ1n) is 7.56. The molecule has 1 aliphatic heterocycles. The van der Waals surface area contributed by atoms with Gasteiger partial charge in [-0.05, 0) is 43.7 Å². The largest absolute Gasteiger partial charge is 0.314 e. The summed E-state index contributed by atoms with van der Waals surface area (Å²) in [5.41, 5.74) is -0.617. The lowest BCUT2D eigenvalue weighted by Gasteiger charge is -2.36. The Morgan fingerprint density at radius 3 is 2.91 bits per heavy atom. The quantitative estimate of drug-likeness (QED) is 0.486. The number of nitrogens with one attached hydrogen (secondary N) is 1. The summed E-state index contributed by atoms with van der Waals surface area (Å²) < 4.78 is 3.25. The molecule has 0 bridgehead atoms. The van der Waals surface area contributed by atoms with Gasteiger partial charge >= 0.3 is 0 Å². The third kappa shape index (κ3) is 3.39. The van der Waals surface area contributed by atoms with E-state index in [1.54, 1.807) is 18.1 Å². The average Bonchev–Trinajstić information content (AvgIpc) is 3.39. The van der Waals surface area contributed by atoms with Gasteiger partial charge in [0, 0.05) is 24.5 Å². The van der Waals surface area contributed by atoms with Crippen LogP contribution in [0.3, 0.4) is 0 Å². The topological polar surface area (TPSA) is 81.9 Å². The van der Waals surface area contributed by atoms with Crippen LogP contribution in [0, 0.1) is 11.3 Å². The van der Waals surface area contributed by atoms with Gasteiger partial charge in [-0.25, -0.2) is 9.97 Å². The Morgan fingerprint density at radius 2 is 2.27 bits per heavy atom. The van der Waals surface area contributed by atoms with Crippen molar-refractivity contribution in [3.8, 4) is 6.07 Å². The van der Waals surface area contributed by atoms with Crippen LogP contribution in [-0.2, 0) is 10.2 Å². The maximum atomic E-state index is 11.7. The third-order valence-electron chi connectivity index (χ3n) is 4.22. The Morgan fingerprint density at radius 1 is 1.50 bits per heavy atom. The minimum absolute atomic E-state index is 0.412. The zero-order valence-electron chi connectivity index (χ0n) is 12.4. The van der Waals surface area contributed by atoms with Gasteiger partial charge in [-0.1, -0.05) is 0 Å². The van der Waals surface area contributed by atoms with Crippen molar-refractivity contribution >= 4 is 24.1 Å². The molecule has 0 unspecified atom stereocenters. The second-order valence-corrected chi connectivity index (χ2v) is 7.00. The van der Waals surface area contributed by atoms with E-state index in [9.17, 15) is 4.79 Å². The lowest BCUT2D eigenvalue weighted by molar-refractivity contribution is -0.114. The van der Waals surface area contributed by atoms with Crippen LogP contribution in [0.1, 0.15) is 31.5 Å². The van der Waals surface area contributed by atoms with Gasteiger partial charge in [0.1, 0.15) is 17.9 Å². The second-order valence-electron chi connectivity index (χ2n) is 5.89. The van der Waals surface area contributed by atoms with Crippen molar-refractivity contribution < 1.29 is 4.79 Å². The molecule has 0 aromatic carbocycles. The van der Waals surface area contributed by atoms with Gasteiger partial charge in [-0.15, -0.1) is 0 Å². The summed E-state index contributed by atoms with van der Waals surface area (Å²) in [4.78, 5) is 22.7. The Bertz CT molecular complexity index is 576. The molecule has 2 fully saturated rings. The van der Waals surface area contributed by atoms with Gasteiger partial charge in [-0.3, -0.25) is 4.90 Å². The number of hydrogen-bond acceptors (Lipinski definition) is 7. The molecule has 0 amide bonds. The van der Waals surface area contributed by atoms with Gasteiger partial charge in [-0.2, -0.15) is 5.26 Å². The summed E-state index contributed by atoms with van der Waals surface area (Å²) in [5.74, 6) is 1.36.